The molecule has 0 aromatic rings. The van der Waals surface area contributed by atoms with E-state index < -0.39 is 0 Å². The third-order valence-corrected chi connectivity index (χ3v) is 3.75. The van der Waals surface area contributed by atoms with Gasteiger partial charge in [-0.25, -0.2) is 0 Å². The molecule has 2 atom stereocenters. The molecule has 0 amide bonds. The lowest BCUT2D eigenvalue weighted by Crippen LogP contribution is -2.49. The largest absolute Gasteiger partial charge is 0.380 e. The number of hydrogen-bond donors (Lipinski definition) is 1. The Hall–Kier alpha value is -0.770. The second kappa shape index (κ2) is 9.22. The van der Waals surface area contributed by atoms with Gasteiger partial charge in [0.15, 0.2) is 5.96 Å². The lowest BCUT2D eigenvalue weighted by atomic mass is 9.92. The number of aliphatic imine (C=N–C) groups is 1. The Balaban J connectivity index is 2.23. The van der Waals surface area contributed by atoms with Crippen LogP contribution in [0.2, 0.25) is 0 Å². The third kappa shape index (κ3) is 6.60. The third-order valence-electron chi connectivity index (χ3n) is 3.75. The van der Waals surface area contributed by atoms with Crippen LogP contribution in [0.1, 0.15) is 40.5 Å². The topological polar surface area (TPSA) is 36.9 Å². The molecule has 1 aliphatic heterocycles. The summed E-state index contributed by atoms with van der Waals surface area (Å²) in [5.74, 6) is 3.24. The summed E-state index contributed by atoms with van der Waals surface area (Å²) in [4.78, 5) is 6.78. The maximum atomic E-state index is 5.63. The second-order valence-corrected chi connectivity index (χ2v) is 6.62. The van der Waals surface area contributed by atoms with Crippen molar-refractivity contribution in [1.82, 2.24) is 10.2 Å². The van der Waals surface area contributed by atoms with E-state index in [0.29, 0.717) is 5.92 Å². The Morgan fingerprint density at radius 1 is 1.25 bits per heavy atom. The molecule has 4 heteroatoms. The number of ether oxygens (including phenoxy) is 1. The Labute approximate surface area is 125 Å². The van der Waals surface area contributed by atoms with Gasteiger partial charge in [-0.3, -0.25) is 4.99 Å². The number of likely N-dealkylation sites (tertiary alicyclic amines) is 1. The van der Waals surface area contributed by atoms with Crippen molar-refractivity contribution in [1.29, 1.82) is 0 Å². The van der Waals surface area contributed by atoms with E-state index in [1.54, 1.807) is 0 Å². The fraction of sp³-hybridized carbons (Fsp3) is 0.938. The van der Waals surface area contributed by atoms with E-state index in [4.69, 9.17) is 4.74 Å². The fourth-order valence-electron chi connectivity index (χ4n) is 2.82. The molecule has 0 radical (unpaired) electrons. The SMILES string of the molecule is CN=C(NCCOCCC(C)C)N1CC(C)CC(C)C1. The molecule has 0 spiro atoms. The lowest BCUT2D eigenvalue weighted by Gasteiger charge is -2.37. The minimum absolute atomic E-state index is 0.715. The number of rotatable bonds is 6. The first-order chi connectivity index (χ1) is 9.52. The fourth-order valence-corrected chi connectivity index (χ4v) is 2.82. The van der Waals surface area contributed by atoms with Gasteiger partial charge in [0.1, 0.15) is 0 Å². The molecule has 1 aliphatic rings. The molecular weight excluding hydrogens is 250 g/mol. The first kappa shape index (κ1) is 17.3. The summed E-state index contributed by atoms with van der Waals surface area (Å²) in [6.45, 7) is 13.8. The standard InChI is InChI=1S/C16H33N3O/c1-13(2)6-8-20-9-7-18-16(17-5)19-11-14(3)10-15(4)12-19/h13-15H,6-12H2,1-5H3,(H,17,18). The molecule has 2 unspecified atom stereocenters. The van der Waals surface area contributed by atoms with Crippen molar-refractivity contribution in [3.8, 4) is 0 Å². The number of nitrogens with zero attached hydrogens (tertiary/aromatic N) is 2. The maximum Gasteiger partial charge on any atom is 0.193 e. The van der Waals surface area contributed by atoms with Gasteiger partial charge in [0.05, 0.1) is 6.61 Å². The lowest BCUT2D eigenvalue weighted by molar-refractivity contribution is 0.126. The zero-order chi connectivity index (χ0) is 15.0. The molecule has 1 rings (SSSR count). The van der Waals surface area contributed by atoms with Crippen LogP contribution in [-0.4, -0.2) is 50.8 Å². The highest BCUT2D eigenvalue weighted by atomic mass is 16.5. The predicted octanol–water partition coefficient (Wildman–Crippen LogP) is 2.60. The summed E-state index contributed by atoms with van der Waals surface area (Å²) in [6, 6.07) is 0. The highest BCUT2D eigenvalue weighted by Gasteiger charge is 2.23. The molecule has 118 valence electrons. The molecule has 0 aliphatic carbocycles. The quantitative estimate of drug-likeness (QED) is 0.462. The molecule has 0 aromatic carbocycles. The number of hydrogen-bond acceptors (Lipinski definition) is 2. The van der Waals surface area contributed by atoms with Gasteiger partial charge in [0, 0.05) is 33.3 Å². The summed E-state index contributed by atoms with van der Waals surface area (Å²) < 4.78 is 5.63. The maximum absolute atomic E-state index is 5.63. The molecule has 20 heavy (non-hydrogen) atoms. The van der Waals surface area contributed by atoms with Gasteiger partial charge in [-0.1, -0.05) is 27.7 Å². The zero-order valence-electron chi connectivity index (χ0n) is 14.0. The minimum atomic E-state index is 0.715. The van der Waals surface area contributed by atoms with Crippen LogP contribution in [0.15, 0.2) is 4.99 Å². The Morgan fingerprint density at radius 2 is 1.90 bits per heavy atom. The molecule has 1 heterocycles. The van der Waals surface area contributed by atoms with Crippen LogP contribution in [0.25, 0.3) is 0 Å². The summed E-state index contributed by atoms with van der Waals surface area (Å²) in [6.07, 6.45) is 2.46. The van der Waals surface area contributed by atoms with Gasteiger partial charge in [-0.15, -0.1) is 0 Å². The summed E-state index contributed by atoms with van der Waals surface area (Å²) >= 11 is 0. The average molecular weight is 283 g/mol. The number of piperidine rings is 1. The van der Waals surface area contributed by atoms with Crippen molar-refractivity contribution in [2.24, 2.45) is 22.7 Å². The molecule has 1 N–H and O–H groups in total. The van der Waals surface area contributed by atoms with E-state index in [1.807, 2.05) is 7.05 Å². The van der Waals surface area contributed by atoms with E-state index in [2.05, 4.69) is 42.9 Å². The van der Waals surface area contributed by atoms with E-state index in [-0.39, 0.29) is 0 Å². The van der Waals surface area contributed by atoms with Crippen molar-refractivity contribution in [2.45, 2.75) is 40.5 Å². The van der Waals surface area contributed by atoms with Crippen molar-refractivity contribution in [3.63, 3.8) is 0 Å². The van der Waals surface area contributed by atoms with Crippen LogP contribution in [0.5, 0.6) is 0 Å². The van der Waals surface area contributed by atoms with Gasteiger partial charge >= 0.3 is 0 Å². The van der Waals surface area contributed by atoms with Crippen LogP contribution >= 0.6 is 0 Å². The molecule has 0 bridgehead atoms. The monoisotopic (exact) mass is 283 g/mol. The first-order valence-corrected chi connectivity index (χ1v) is 8.06. The van der Waals surface area contributed by atoms with Gasteiger partial charge in [0.25, 0.3) is 0 Å². The van der Waals surface area contributed by atoms with Crippen molar-refractivity contribution < 1.29 is 4.74 Å². The molecule has 0 aromatic heterocycles. The highest BCUT2D eigenvalue weighted by Crippen LogP contribution is 2.20. The van der Waals surface area contributed by atoms with Crippen LogP contribution in [0.3, 0.4) is 0 Å². The zero-order valence-corrected chi connectivity index (χ0v) is 14.0. The summed E-state index contributed by atoms with van der Waals surface area (Å²) in [5.41, 5.74) is 0. The van der Waals surface area contributed by atoms with Crippen LogP contribution in [0, 0.1) is 17.8 Å². The normalized spacial score (nSPS) is 24.3. The average Bonchev–Trinajstić information content (AvgIpc) is 2.36. The van der Waals surface area contributed by atoms with E-state index >= 15 is 0 Å². The van der Waals surface area contributed by atoms with Crippen LogP contribution in [-0.2, 0) is 4.74 Å². The minimum Gasteiger partial charge on any atom is -0.380 e. The number of nitrogens with one attached hydrogen (secondary N) is 1. The molecular formula is C16H33N3O. The van der Waals surface area contributed by atoms with Gasteiger partial charge < -0.3 is 15.0 Å². The van der Waals surface area contributed by atoms with Crippen molar-refractivity contribution in [3.05, 3.63) is 0 Å². The van der Waals surface area contributed by atoms with Gasteiger partial charge in [0.2, 0.25) is 0 Å². The molecule has 4 nitrogen and oxygen atoms in total. The summed E-state index contributed by atoms with van der Waals surface area (Å²) in [7, 11) is 1.87. The van der Waals surface area contributed by atoms with Crippen LogP contribution in [0.4, 0.5) is 0 Å². The molecule has 0 saturated carbocycles. The van der Waals surface area contributed by atoms with Crippen molar-refractivity contribution in [2.75, 3.05) is 39.9 Å². The van der Waals surface area contributed by atoms with E-state index in [9.17, 15) is 0 Å². The highest BCUT2D eigenvalue weighted by molar-refractivity contribution is 5.80. The Morgan fingerprint density at radius 3 is 2.45 bits per heavy atom. The number of guanidine groups is 1. The smallest absolute Gasteiger partial charge is 0.193 e. The summed E-state index contributed by atoms with van der Waals surface area (Å²) in [5, 5.41) is 3.42. The van der Waals surface area contributed by atoms with Crippen molar-refractivity contribution >= 4 is 5.96 Å². The Bertz CT molecular complexity index is 281. The van der Waals surface area contributed by atoms with Gasteiger partial charge in [-0.2, -0.15) is 0 Å². The van der Waals surface area contributed by atoms with Gasteiger partial charge in [-0.05, 0) is 30.6 Å². The predicted molar refractivity (Wildman–Crippen MR) is 86.2 cm³/mol. The Kier molecular flexibility index (Phi) is 7.97. The van der Waals surface area contributed by atoms with Crippen LogP contribution < -0.4 is 5.32 Å². The first-order valence-electron chi connectivity index (χ1n) is 8.06. The van der Waals surface area contributed by atoms with E-state index in [0.717, 1.165) is 57.1 Å². The van der Waals surface area contributed by atoms with E-state index in [1.165, 1.54) is 6.42 Å². The second-order valence-electron chi connectivity index (χ2n) is 6.62. The molecule has 1 saturated heterocycles. The molecule has 1 fully saturated rings.